The van der Waals surface area contributed by atoms with Crippen molar-refractivity contribution in [3.8, 4) is 5.75 Å². The Morgan fingerprint density at radius 1 is 1.46 bits per heavy atom. The fourth-order valence-corrected chi connectivity index (χ4v) is 5.01. The summed E-state index contributed by atoms with van der Waals surface area (Å²) in [5.41, 5.74) is 1.34. The van der Waals surface area contributed by atoms with Gasteiger partial charge >= 0.3 is 0 Å². The molecular formula is C15H18N4O4S3. The lowest BCUT2D eigenvalue weighted by atomic mass is 10.1. The van der Waals surface area contributed by atoms with E-state index in [9.17, 15) is 13.2 Å². The van der Waals surface area contributed by atoms with Gasteiger partial charge in [-0.2, -0.15) is 0 Å². The van der Waals surface area contributed by atoms with Crippen LogP contribution in [0.1, 0.15) is 12.5 Å². The normalized spacial score (nSPS) is 16.7. The van der Waals surface area contributed by atoms with Gasteiger partial charge in [0, 0.05) is 0 Å². The Morgan fingerprint density at radius 3 is 2.92 bits per heavy atom. The number of hydrogen-bond donors (Lipinski definition) is 1. The number of carbonyl (C=O) groups excluding carboxylic acids is 1. The molecule has 1 aliphatic heterocycles. The van der Waals surface area contributed by atoms with Crippen LogP contribution in [0, 0.1) is 6.92 Å². The Hall–Kier alpha value is -1.85. The van der Waals surface area contributed by atoms with Gasteiger partial charge in [-0.15, -0.1) is 10.2 Å². The minimum absolute atomic E-state index is 0.101. The highest BCUT2D eigenvalue weighted by molar-refractivity contribution is 8.01. The van der Waals surface area contributed by atoms with E-state index in [-0.39, 0.29) is 6.54 Å². The van der Waals surface area contributed by atoms with Crippen LogP contribution in [-0.4, -0.2) is 49.2 Å². The first-order chi connectivity index (χ1) is 12.3. The second-order valence-corrected chi connectivity index (χ2v) is 10.1. The standard InChI is InChI=1S/C15H18N4O4S3/c1-4-24-15-18-17-14(25-15)16-13(20)12-8-19(26(3,21)22)10-6-5-9(2)7-11(10)23-12/h5-7,12H,4,8H2,1-3H3,(H,16,17,20). The Kier molecular flexibility index (Phi) is 5.39. The monoisotopic (exact) mass is 414 g/mol. The van der Waals surface area contributed by atoms with E-state index in [0.29, 0.717) is 16.6 Å². The zero-order chi connectivity index (χ0) is 18.9. The maximum Gasteiger partial charge on any atom is 0.269 e. The number of carbonyl (C=O) groups is 1. The Morgan fingerprint density at radius 2 is 2.23 bits per heavy atom. The molecule has 0 fully saturated rings. The van der Waals surface area contributed by atoms with Crippen molar-refractivity contribution in [2.24, 2.45) is 0 Å². The van der Waals surface area contributed by atoms with Crippen LogP contribution in [-0.2, 0) is 14.8 Å². The molecule has 0 aliphatic carbocycles. The van der Waals surface area contributed by atoms with Crippen LogP contribution in [0.4, 0.5) is 10.8 Å². The van der Waals surface area contributed by atoms with Crippen molar-refractivity contribution in [3.63, 3.8) is 0 Å². The highest BCUT2D eigenvalue weighted by atomic mass is 32.2. The maximum absolute atomic E-state index is 12.6. The van der Waals surface area contributed by atoms with Crippen LogP contribution in [0.3, 0.4) is 0 Å². The summed E-state index contributed by atoms with van der Waals surface area (Å²) in [4.78, 5) is 12.6. The van der Waals surface area contributed by atoms with Crippen LogP contribution >= 0.6 is 23.1 Å². The van der Waals surface area contributed by atoms with Gasteiger partial charge in [-0.1, -0.05) is 36.1 Å². The summed E-state index contributed by atoms with van der Waals surface area (Å²) in [6.45, 7) is 3.77. The van der Waals surface area contributed by atoms with E-state index >= 15 is 0 Å². The summed E-state index contributed by atoms with van der Waals surface area (Å²) in [5.74, 6) is 0.754. The molecule has 2 heterocycles. The molecule has 8 nitrogen and oxygen atoms in total. The number of aromatic nitrogens is 2. The van der Waals surface area contributed by atoms with E-state index in [1.807, 2.05) is 13.8 Å². The predicted octanol–water partition coefficient (Wildman–Crippen LogP) is 2.12. The number of benzene rings is 1. The minimum Gasteiger partial charge on any atom is -0.476 e. The van der Waals surface area contributed by atoms with E-state index in [1.165, 1.54) is 27.4 Å². The third-order valence-corrected chi connectivity index (χ3v) is 6.58. The molecule has 11 heteroatoms. The van der Waals surface area contributed by atoms with Crippen molar-refractivity contribution in [1.29, 1.82) is 0 Å². The summed E-state index contributed by atoms with van der Waals surface area (Å²) in [7, 11) is -3.55. The van der Waals surface area contributed by atoms with Crippen LogP contribution in [0.25, 0.3) is 0 Å². The van der Waals surface area contributed by atoms with Crippen LogP contribution in [0.15, 0.2) is 22.5 Å². The molecule has 1 atom stereocenters. The molecule has 1 amide bonds. The SMILES string of the molecule is CCSc1nnc(NC(=O)C2CN(S(C)(=O)=O)c3ccc(C)cc3O2)s1. The molecular weight excluding hydrogens is 396 g/mol. The number of sulfonamides is 1. The Labute approximate surface area is 160 Å². The summed E-state index contributed by atoms with van der Waals surface area (Å²) >= 11 is 2.80. The number of nitrogens with zero attached hydrogens (tertiary/aromatic N) is 3. The van der Waals surface area contributed by atoms with Gasteiger partial charge in [-0.05, 0) is 30.4 Å². The van der Waals surface area contributed by atoms with Gasteiger partial charge < -0.3 is 4.74 Å². The molecule has 1 unspecified atom stereocenters. The van der Waals surface area contributed by atoms with Gasteiger partial charge in [0.2, 0.25) is 15.2 Å². The smallest absolute Gasteiger partial charge is 0.269 e. The largest absolute Gasteiger partial charge is 0.476 e. The molecule has 0 radical (unpaired) electrons. The number of rotatable bonds is 5. The Bertz CT molecular complexity index is 929. The first-order valence-electron chi connectivity index (χ1n) is 7.80. The number of anilines is 2. The molecule has 0 spiro atoms. The molecule has 0 bridgehead atoms. The fourth-order valence-electron chi connectivity index (χ4n) is 2.44. The van der Waals surface area contributed by atoms with Gasteiger partial charge in [0.25, 0.3) is 5.91 Å². The number of aryl methyl sites for hydroxylation is 1. The van der Waals surface area contributed by atoms with Crippen molar-refractivity contribution in [3.05, 3.63) is 23.8 Å². The van der Waals surface area contributed by atoms with Crippen LogP contribution in [0.5, 0.6) is 5.75 Å². The third kappa shape index (κ3) is 4.10. The van der Waals surface area contributed by atoms with Crippen molar-refractivity contribution in [2.45, 2.75) is 24.3 Å². The van der Waals surface area contributed by atoms with Crippen molar-refractivity contribution in [1.82, 2.24) is 10.2 Å². The lowest BCUT2D eigenvalue weighted by Gasteiger charge is -2.33. The molecule has 1 aliphatic rings. The number of thioether (sulfide) groups is 1. The molecule has 3 rings (SSSR count). The molecule has 140 valence electrons. The van der Waals surface area contributed by atoms with Gasteiger partial charge in [-0.3, -0.25) is 14.4 Å². The van der Waals surface area contributed by atoms with Gasteiger partial charge in [0.15, 0.2) is 10.4 Å². The molecule has 2 aromatic rings. The minimum atomic E-state index is -3.55. The highest BCUT2D eigenvalue weighted by Gasteiger charge is 2.35. The molecule has 1 aromatic heterocycles. The van der Waals surface area contributed by atoms with E-state index in [4.69, 9.17) is 4.74 Å². The maximum atomic E-state index is 12.6. The Balaban J connectivity index is 1.82. The highest BCUT2D eigenvalue weighted by Crippen LogP contribution is 2.36. The predicted molar refractivity (Wildman–Crippen MR) is 103 cm³/mol. The number of amides is 1. The summed E-state index contributed by atoms with van der Waals surface area (Å²) in [5, 5.41) is 10.9. The van der Waals surface area contributed by atoms with Crippen molar-refractivity contribution >= 4 is 49.8 Å². The number of fused-ring (bicyclic) bond motifs is 1. The zero-order valence-electron chi connectivity index (χ0n) is 14.4. The van der Waals surface area contributed by atoms with E-state index < -0.39 is 22.0 Å². The number of hydrogen-bond acceptors (Lipinski definition) is 8. The zero-order valence-corrected chi connectivity index (χ0v) is 16.9. The fraction of sp³-hybridized carbons (Fsp3) is 0.400. The summed E-state index contributed by atoms with van der Waals surface area (Å²) in [6, 6.07) is 5.20. The molecule has 1 aromatic carbocycles. The lowest BCUT2D eigenvalue weighted by molar-refractivity contribution is -0.122. The van der Waals surface area contributed by atoms with E-state index in [1.54, 1.807) is 18.2 Å². The molecule has 26 heavy (non-hydrogen) atoms. The van der Waals surface area contributed by atoms with Crippen molar-refractivity contribution < 1.29 is 17.9 Å². The summed E-state index contributed by atoms with van der Waals surface area (Å²) in [6.07, 6.45) is 0.126. The molecule has 1 N–H and O–H groups in total. The van der Waals surface area contributed by atoms with E-state index in [2.05, 4.69) is 15.5 Å². The number of nitrogens with one attached hydrogen (secondary N) is 1. The first kappa shape index (κ1) is 18.9. The summed E-state index contributed by atoms with van der Waals surface area (Å²) < 4.78 is 32.0. The van der Waals surface area contributed by atoms with Gasteiger partial charge in [0.1, 0.15) is 5.75 Å². The number of ether oxygens (including phenoxy) is 1. The topological polar surface area (TPSA) is 101 Å². The quantitative estimate of drug-likeness (QED) is 0.591. The average Bonchev–Trinajstić information content (AvgIpc) is 3.00. The van der Waals surface area contributed by atoms with Gasteiger partial charge in [0.05, 0.1) is 18.5 Å². The van der Waals surface area contributed by atoms with Crippen LogP contribution in [0.2, 0.25) is 0 Å². The lowest BCUT2D eigenvalue weighted by Crippen LogP contribution is -2.48. The van der Waals surface area contributed by atoms with Crippen molar-refractivity contribution in [2.75, 3.05) is 28.2 Å². The van der Waals surface area contributed by atoms with Crippen LogP contribution < -0.4 is 14.4 Å². The van der Waals surface area contributed by atoms with Gasteiger partial charge in [-0.25, -0.2) is 8.42 Å². The second kappa shape index (κ2) is 7.41. The average molecular weight is 415 g/mol. The molecule has 0 saturated heterocycles. The second-order valence-electron chi connectivity index (χ2n) is 5.67. The van der Waals surface area contributed by atoms with E-state index in [0.717, 1.165) is 21.9 Å². The third-order valence-electron chi connectivity index (χ3n) is 3.58. The first-order valence-corrected chi connectivity index (χ1v) is 11.4. The molecule has 0 saturated carbocycles.